The molecule has 0 unspecified atom stereocenters. The molecular weight excluding hydrogens is 300 g/mol. The van der Waals surface area contributed by atoms with Crippen molar-refractivity contribution in [3.05, 3.63) is 53.3 Å². The van der Waals surface area contributed by atoms with Crippen molar-refractivity contribution in [1.82, 2.24) is 4.98 Å². The molecule has 1 N–H and O–H groups in total. The normalized spacial score (nSPS) is 11.1. The van der Waals surface area contributed by atoms with E-state index in [4.69, 9.17) is 11.6 Å². The number of halogens is 1. The molecule has 1 aromatic heterocycles. The lowest BCUT2D eigenvalue weighted by Gasteiger charge is -2.07. The first-order chi connectivity index (χ1) is 9.38. The lowest BCUT2D eigenvalue weighted by Crippen LogP contribution is -2.13. The molecule has 104 valence electrons. The minimum atomic E-state index is -3.32. The van der Waals surface area contributed by atoms with Gasteiger partial charge < -0.3 is 5.32 Å². The van der Waals surface area contributed by atoms with Gasteiger partial charge in [0.25, 0.3) is 5.91 Å². The van der Waals surface area contributed by atoms with Crippen molar-refractivity contribution in [3.8, 4) is 0 Å². The molecule has 0 bridgehead atoms. The number of carbonyl (C=O) groups excluding carboxylic acids is 1. The van der Waals surface area contributed by atoms with Crippen LogP contribution in [0.2, 0.25) is 5.02 Å². The Labute approximate surface area is 121 Å². The first-order valence-electron chi connectivity index (χ1n) is 5.59. The zero-order valence-corrected chi connectivity index (χ0v) is 12.1. The predicted molar refractivity (Wildman–Crippen MR) is 76.8 cm³/mol. The largest absolute Gasteiger partial charge is 0.322 e. The fourth-order valence-corrected chi connectivity index (χ4v) is 2.41. The van der Waals surface area contributed by atoms with Gasteiger partial charge in [0.05, 0.1) is 15.5 Å². The van der Waals surface area contributed by atoms with E-state index in [-0.39, 0.29) is 15.5 Å². The summed E-state index contributed by atoms with van der Waals surface area (Å²) < 4.78 is 22.9. The second-order valence-corrected chi connectivity index (χ2v) is 6.53. The molecule has 1 aromatic carbocycles. The van der Waals surface area contributed by atoms with E-state index >= 15 is 0 Å². The van der Waals surface area contributed by atoms with Gasteiger partial charge in [-0.3, -0.25) is 9.78 Å². The van der Waals surface area contributed by atoms with Gasteiger partial charge >= 0.3 is 0 Å². The van der Waals surface area contributed by atoms with Crippen LogP contribution in [0.15, 0.2) is 47.6 Å². The van der Waals surface area contributed by atoms with Crippen LogP contribution >= 0.6 is 11.6 Å². The second-order valence-electron chi connectivity index (χ2n) is 4.11. The summed E-state index contributed by atoms with van der Waals surface area (Å²) in [6.45, 7) is 0. The molecule has 0 saturated heterocycles. The number of rotatable bonds is 3. The molecular formula is C13H11ClN2O3S. The lowest BCUT2D eigenvalue weighted by atomic mass is 10.2. The van der Waals surface area contributed by atoms with Gasteiger partial charge in [0.2, 0.25) is 0 Å². The van der Waals surface area contributed by atoms with Crippen molar-refractivity contribution in [1.29, 1.82) is 0 Å². The molecule has 0 aliphatic heterocycles. The average Bonchev–Trinajstić information content (AvgIpc) is 2.38. The SMILES string of the molecule is CS(=O)(=O)c1cccc(NC(=O)c2cnccc2Cl)c1. The lowest BCUT2D eigenvalue weighted by molar-refractivity contribution is 0.102. The maximum absolute atomic E-state index is 12.0. The van der Waals surface area contributed by atoms with Crippen LogP contribution in [-0.2, 0) is 9.84 Å². The highest BCUT2D eigenvalue weighted by atomic mass is 35.5. The average molecular weight is 311 g/mol. The number of amides is 1. The molecule has 7 heteroatoms. The fraction of sp³-hybridized carbons (Fsp3) is 0.0769. The van der Waals surface area contributed by atoms with Crippen molar-refractivity contribution < 1.29 is 13.2 Å². The third-order valence-corrected chi connectivity index (χ3v) is 3.97. The van der Waals surface area contributed by atoms with Crippen LogP contribution in [0.4, 0.5) is 5.69 Å². The van der Waals surface area contributed by atoms with E-state index in [1.165, 1.54) is 30.6 Å². The summed E-state index contributed by atoms with van der Waals surface area (Å²) in [4.78, 5) is 16.0. The summed E-state index contributed by atoms with van der Waals surface area (Å²) in [6.07, 6.45) is 3.92. The van der Waals surface area contributed by atoms with E-state index in [1.807, 2.05) is 0 Å². The molecule has 2 rings (SSSR count). The summed E-state index contributed by atoms with van der Waals surface area (Å²) in [7, 11) is -3.32. The Bertz CT molecular complexity index is 760. The molecule has 5 nitrogen and oxygen atoms in total. The van der Waals surface area contributed by atoms with Crippen LogP contribution in [0.25, 0.3) is 0 Å². The minimum absolute atomic E-state index is 0.132. The maximum atomic E-state index is 12.0. The van der Waals surface area contributed by atoms with Gasteiger partial charge in [0.15, 0.2) is 9.84 Å². The number of carbonyl (C=O) groups is 1. The number of sulfone groups is 1. The Morgan fingerprint density at radius 1 is 1.30 bits per heavy atom. The zero-order valence-electron chi connectivity index (χ0n) is 10.5. The third kappa shape index (κ3) is 3.34. The summed E-state index contributed by atoms with van der Waals surface area (Å²) in [5.74, 6) is -0.450. The number of hydrogen-bond acceptors (Lipinski definition) is 4. The number of anilines is 1. The van der Waals surface area contributed by atoms with Gasteiger partial charge in [0, 0.05) is 24.3 Å². The summed E-state index contributed by atoms with van der Waals surface area (Å²) in [6, 6.07) is 7.50. The third-order valence-electron chi connectivity index (χ3n) is 2.53. The van der Waals surface area contributed by atoms with Gasteiger partial charge in [-0.05, 0) is 24.3 Å². The highest BCUT2D eigenvalue weighted by Crippen LogP contribution is 2.18. The van der Waals surface area contributed by atoms with Crippen LogP contribution < -0.4 is 5.32 Å². The van der Waals surface area contributed by atoms with Gasteiger partial charge in [-0.2, -0.15) is 0 Å². The quantitative estimate of drug-likeness (QED) is 0.944. The van der Waals surface area contributed by atoms with Crippen LogP contribution in [-0.4, -0.2) is 25.6 Å². The van der Waals surface area contributed by atoms with Crippen LogP contribution in [0, 0.1) is 0 Å². The fourth-order valence-electron chi connectivity index (χ4n) is 1.55. The van der Waals surface area contributed by atoms with E-state index in [0.717, 1.165) is 6.26 Å². The zero-order chi connectivity index (χ0) is 14.8. The molecule has 0 spiro atoms. The molecule has 0 radical (unpaired) electrons. The molecule has 2 aromatic rings. The predicted octanol–water partition coefficient (Wildman–Crippen LogP) is 2.39. The highest BCUT2D eigenvalue weighted by molar-refractivity contribution is 7.90. The Morgan fingerprint density at radius 3 is 2.70 bits per heavy atom. The first-order valence-corrected chi connectivity index (χ1v) is 7.86. The van der Waals surface area contributed by atoms with Crippen LogP contribution in [0.1, 0.15) is 10.4 Å². The number of nitrogens with zero attached hydrogens (tertiary/aromatic N) is 1. The first kappa shape index (κ1) is 14.5. The Kier molecular flexibility index (Phi) is 4.06. The minimum Gasteiger partial charge on any atom is -0.322 e. The molecule has 1 amide bonds. The molecule has 1 heterocycles. The van der Waals surface area contributed by atoms with E-state index in [0.29, 0.717) is 5.69 Å². The standard InChI is InChI=1S/C13H11ClN2O3S/c1-20(18,19)10-4-2-3-9(7-10)16-13(17)11-8-15-6-5-12(11)14/h2-8H,1H3,(H,16,17). The summed E-state index contributed by atoms with van der Waals surface area (Å²) in [5, 5.41) is 2.86. The second kappa shape index (κ2) is 5.60. The molecule has 0 atom stereocenters. The monoisotopic (exact) mass is 310 g/mol. The number of benzene rings is 1. The number of pyridine rings is 1. The van der Waals surface area contributed by atoms with Gasteiger partial charge in [-0.15, -0.1) is 0 Å². The summed E-state index contributed by atoms with van der Waals surface area (Å²) in [5.41, 5.74) is 0.594. The van der Waals surface area contributed by atoms with E-state index in [1.54, 1.807) is 12.1 Å². The van der Waals surface area contributed by atoms with E-state index in [9.17, 15) is 13.2 Å². The van der Waals surface area contributed by atoms with E-state index < -0.39 is 15.7 Å². The number of hydrogen-bond donors (Lipinski definition) is 1. The molecule has 0 fully saturated rings. The van der Waals surface area contributed by atoms with E-state index in [2.05, 4.69) is 10.3 Å². The molecule has 0 aliphatic carbocycles. The van der Waals surface area contributed by atoms with Crippen molar-refractivity contribution in [2.24, 2.45) is 0 Å². The molecule has 0 aliphatic rings. The molecule has 0 saturated carbocycles. The van der Waals surface area contributed by atoms with Crippen molar-refractivity contribution >= 4 is 33.0 Å². The maximum Gasteiger partial charge on any atom is 0.258 e. The highest BCUT2D eigenvalue weighted by Gasteiger charge is 2.12. The summed E-state index contributed by atoms with van der Waals surface area (Å²) >= 11 is 5.89. The number of nitrogens with one attached hydrogen (secondary N) is 1. The van der Waals surface area contributed by atoms with Gasteiger partial charge in [-0.25, -0.2) is 8.42 Å². The van der Waals surface area contributed by atoms with Crippen LogP contribution in [0.5, 0.6) is 0 Å². The van der Waals surface area contributed by atoms with Crippen molar-refractivity contribution in [2.75, 3.05) is 11.6 Å². The Hall–Kier alpha value is -1.92. The number of aromatic nitrogens is 1. The Balaban J connectivity index is 2.27. The van der Waals surface area contributed by atoms with Gasteiger partial charge in [0.1, 0.15) is 0 Å². The molecule has 20 heavy (non-hydrogen) atoms. The smallest absolute Gasteiger partial charge is 0.258 e. The Morgan fingerprint density at radius 2 is 2.05 bits per heavy atom. The van der Waals surface area contributed by atoms with Crippen LogP contribution in [0.3, 0.4) is 0 Å². The van der Waals surface area contributed by atoms with Gasteiger partial charge in [-0.1, -0.05) is 17.7 Å². The topological polar surface area (TPSA) is 76.1 Å². The van der Waals surface area contributed by atoms with Crippen molar-refractivity contribution in [2.45, 2.75) is 4.90 Å². The van der Waals surface area contributed by atoms with Crippen molar-refractivity contribution in [3.63, 3.8) is 0 Å².